The van der Waals surface area contributed by atoms with Gasteiger partial charge in [0.2, 0.25) is 0 Å². The lowest BCUT2D eigenvalue weighted by atomic mass is 9.70. The number of hydrogen-bond acceptors (Lipinski definition) is 3. The Bertz CT molecular complexity index is 251. The molecular formula is C14H27NO2. The van der Waals surface area contributed by atoms with Gasteiger partial charge in [0.1, 0.15) is 0 Å². The van der Waals surface area contributed by atoms with Crippen molar-refractivity contribution in [3.63, 3.8) is 0 Å². The minimum absolute atomic E-state index is 0.0943. The predicted octanol–water partition coefficient (Wildman–Crippen LogP) is 2.74. The summed E-state index contributed by atoms with van der Waals surface area (Å²) in [5.41, 5.74) is 0.430. The molecule has 0 aromatic heterocycles. The summed E-state index contributed by atoms with van der Waals surface area (Å²) in [4.78, 5) is 11.2. The van der Waals surface area contributed by atoms with Crippen LogP contribution in [0.2, 0.25) is 0 Å². The van der Waals surface area contributed by atoms with Gasteiger partial charge in [0, 0.05) is 12.6 Å². The van der Waals surface area contributed by atoms with E-state index in [0.717, 1.165) is 12.5 Å². The van der Waals surface area contributed by atoms with Gasteiger partial charge in [-0.3, -0.25) is 4.79 Å². The van der Waals surface area contributed by atoms with Crippen LogP contribution in [0.25, 0.3) is 0 Å². The molecular weight excluding hydrogens is 214 g/mol. The second-order valence-electron chi connectivity index (χ2n) is 6.12. The fraction of sp³-hybridized carbons (Fsp3) is 0.929. The summed E-state index contributed by atoms with van der Waals surface area (Å²) in [5, 5.41) is 3.50. The Hall–Kier alpha value is -0.570. The molecule has 100 valence electrons. The fourth-order valence-electron chi connectivity index (χ4n) is 3.11. The van der Waals surface area contributed by atoms with Crippen LogP contribution in [0, 0.1) is 11.3 Å². The third kappa shape index (κ3) is 5.53. The zero-order chi connectivity index (χ0) is 12.9. The highest BCUT2D eigenvalue weighted by molar-refractivity contribution is 5.69. The number of esters is 1. The van der Waals surface area contributed by atoms with E-state index in [2.05, 4.69) is 26.1 Å². The molecule has 2 atom stereocenters. The summed E-state index contributed by atoms with van der Waals surface area (Å²) in [7, 11) is 0. The van der Waals surface area contributed by atoms with Crippen LogP contribution in [0.5, 0.6) is 0 Å². The van der Waals surface area contributed by atoms with Gasteiger partial charge in [0.15, 0.2) is 0 Å². The van der Waals surface area contributed by atoms with Gasteiger partial charge in [-0.15, -0.1) is 0 Å². The minimum Gasteiger partial charge on any atom is -0.466 e. The molecule has 3 nitrogen and oxygen atoms in total. The summed E-state index contributed by atoms with van der Waals surface area (Å²) < 4.78 is 4.91. The largest absolute Gasteiger partial charge is 0.466 e. The SMILES string of the molecule is CCOC(=O)CCNC1CC(C)CC(C)(C)C1. The topological polar surface area (TPSA) is 38.3 Å². The van der Waals surface area contributed by atoms with Gasteiger partial charge < -0.3 is 10.1 Å². The van der Waals surface area contributed by atoms with Crippen LogP contribution in [-0.4, -0.2) is 25.2 Å². The maximum Gasteiger partial charge on any atom is 0.307 e. The smallest absolute Gasteiger partial charge is 0.307 e. The van der Waals surface area contributed by atoms with Gasteiger partial charge in [-0.25, -0.2) is 0 Å². The van der Waals surface area contributed by atoms with Crippen molar-refractivity contribution in [3.05, 3.63) is 0 Å². The lowest BCUT2D eigenvalue weighted by Gasteiger charge is -2.39. The van der Waals surface area contributed by atoms with E-state index in [1.165, 1.54) is 19.3 Å². The van der Waals surface area contributed by atoms with Crippen molar-refractivity contribution in [1.82, 2.24) is 5.32 Å². The highest BCUT2D eigenvalue weighted by Crippen LogP contribution is 2.38. The number of carbonyl (C=O) groups is 1. The second-order valence-corrected chi connectivity index (χ2v) is 6.12. The van der Waals surface area contributed by atoms with Crippen LogP contribution in [0.1, 0.15) is 53.4 Å². The van der Waals surface area contributed by atoms with Gasteiger partial charge in [-0.2, -0.15) is 0 Å². The van der Waals surface area contributed by atoms with Crippen molar-refractivity contribution in [1.29, 1.82) is 0 Å². The predicted molar refractivity (Wildman–Crippen MR) is 69.8 cm³/mol. The molecule has 0 aromatic carbocycles. The third-order valence-corrected chi connectivity index (χ3v) is 3.45. The number of rotatable bonds is 5. The lowest BCUT2D eigenvalue weighted by molar-refractivity contribution is -0.143. The zero-order valence-electron chi connectivity index (χ0n) is 11.7. The molecule has 1 aliphatic carbocycles. The Balaban J connectivity index is 2.25. The summed E-state index contributed by atoms with van der Waals surface area (Å²) in [6.45, 7) is 10.1. The molecule has 3 heteroatoms. The molecule has 1 saturated carbocycles. The van der Waals surface area contributed by atoms with Crippen LogP contribution < -0.4 is 5.32 Å². The number of hydrogen-bond donors (Lipinski definition) is 1. The Kier molecular flexibility index (Phi) is 5.44. The zero-order valence-corrected chi connectivity index (χ0v) is 11.7. The lowest BCUT2D eigenvalue weighted by Crippen LogP contribution is -2.40. The molecule has 17 heavy (non-hydrogen) atoms. The molecule has 0 amide bonds. The Morgan fingerprint density at radius 1 is 1.41 bits per heavy atom. The molecule has 1 fully saturated rings. The monoisotopic (exact) mass is 241 g/mol. The van der Waals surface area contributed by atoms with Crippen LogP contribution in [0.4, 0.5) is 0 Å². The van der Waals surface area contributed by atoms with Crippen molar-refractivity contribution in [2.24, 2.45) is 11.3 Å². The second kappa shape index (κ2) is 6.39. The van der Waals surface area contributed by atoms with Gasteiger partial charge in [-0.05, 0) is 37.5 Å². The highest BCUT2D eigenvalue weighted by atomic mass is 16.5. The molecule has 2 unspecified atom stereocenters. The maximum atomic E-state index is 11.2. The number of carbonyl (C=O) groups excluding carboxylic acids is 1. The molecule has 1 N–H and O–H groups in total. The fourth-order valence-corrected chi connectivity index (χ4v) is 3.11. The summed E-state index contributed by atoms with van der Waals surface area (Å²) in [6.07, 6.45) is 4.23. The van der Waals surface area contributed by atoms with E-state index in [0.29, 0.717) is 24.5 Å². The molecule has 0 aliphatic heterocycles. The minimum atomic E-state index is -0.0943. The third-order valence-electron chi connectivity index (χ3n) is 3.45. The van der Waals surface area contributed by atoms with Crippen molar-refractivity contribution in [2.75, 3.05) is 13.2 Å². The summed E-state index contributed by atoms with van der Waals surface area (Å²) >= 11 is 0. The van der Waals surface area contributed by atoms with Crippen molar-refractivity contribution in [3.8, 4) is 0 Å². The molecule has 0 spiro atoms. The van der Waals surface area contributed by atoms with Crippen LogP contribution in [0.15, 0.2) is 0 Å². The first-order valence-corrected chi connectivity index (χ1v) is 6.82. The molecule has 1 aliphatic rings. The van der Waals surface area contributed by atoms with E-state index in [-0.39, 0.29) is 5.97 Å². The van der Waals surface area contributed by atoms with Crippen molar-refractivity contribution >= 4 is 5.97 Å². The van der Waals surface area contributed by atoms with Gasteiger partial charge in [-0.1, -0.05) is 20.8 Å². The molecule has 0 bridgehead atoms. The number of ether oxygens (including phenoxy) is 1. The van der Waals surface area contributed by atoms with E-state index in [1.54, 1.807) is 0 Å². The van der Waals surface area contributed by atoms with E-state index < -0.39 is 0 Å². The molecule has 0 aromatic rings. The Labute approximate surface area is 105 Å². The van der Waals surface area contributed by atoms with Crippen LogP contribution in [-0.2, 0) is 9.53 Å². The van der Waals surface area contributed by atoms with Gasteiger partial charge >= 0.3 is 5.97 Å². The molecule has 1 rings (SSSR count). The standard InChI is InChI=1S/C14H27NO2/c1-5-17-13(16)6-7-15-12-8-11(2)9-14(3,4)10-12/h11-12,15H,5-10H2,1-4H3. The maximum absolute atomic E-state index is 11.2. The van der Waals surface area contributed by atoms with Crippen LogP contribution in [0.3, 0.4) is 0 Å². The Morgan fingerprint density at radius 2 is 2.12 bits per heavy atom. The average molecular weight is 241 g/mol. The van der Waals surface area contributed by atoms with Gasteiger partial charge in [0.25, 0.3) is 0 Å². The number of nitrogens with one attached hydrogen (secondary N) is 1. The van der Waals surface area contributed by atoms with E-state index >= 15 is 0 Å². The quantitative estimate of drug-likeness (QED) is 0.752. The van der Waals surface area contributed by atoms with Crippen LogP contribution >= 0.6 is 0 Å². The molecule has 0 radical (unpaired) electrons. The van der Waals surface area contributed by atoms with E-state index in [1.807, 2.05) is 6.92 Å². The Morgan fingerprint density at radius 3 is 2.71 bits per heavy atom. The molecule has 0 heterocycles. The van der Waals surface area contributed by atoms with E-state index in [4.69, 9.17) is 4.74 Å². The van der Waals surface area contributed by atoms with Crippen molar-refractivity contribution < 1.29 is 9.53 Å². The summed E-state index contributed by atoms with van der Waals surface area (Å²) in [6, 6.07) is 0.558. The first kappa shape index (κ1) is 14.5. The van der Waals surface area contributed by atoms with Crippen molar-refractivity contribution in [2.45, 2.75) is 59.4 Å². The van der Waals surface area contributed by atoms with Gasteiger partial charge in [0.05, 0.1) is 13.0 Å². The van der Waals surface area contributed by atoms with E-state index in [9.17, 15) is 4.79 Å². The first-order chi connectivity index (χ1) is 7.93. The first-order valence-electron chi connectivity index (χ1n) is 6.82. The average Bonchev–Trinajstić information content (AvgIpc) is 2.14. The normalized spacial score (nSPS) is 27.8. The summed E-state index contributed by atoms with van der Waals surface area (Å²) in [5.74, 6) is 0.682. The highest BCUT2D eigenvalue weighted by Gasteiger charge is 2.31. The molecule has 0 saturated heterocycles.